The molecule has 0 aliphatic rings. The molecule has 1 aromatic rings. The summed E-state index contributed by atoms with van der Waals surface area (Å²) in [6.07, 6.45) is 5.53. The molecule has 17 heavy (non-hydrogen) atoms. The highest BCUT2D eigenvalue weighted by Crippen LogP contribution is 2.03. The predicted octanol–water partition coefficient (Wildman–Crippen LogP) is 1.59. The van der Waals surface area contributed by atoms with Crippen LogP contribution in [-0.4, -0.2) is 41.0 Å². The lowest BCUT2D eigenvalue weighted by Gasteiger charge is -2.20. The van der Waals surface area contributed by atoms with Crippen LogP contribution in [0.15, 0.2) is 12.4 Å². The molecule has 0 aliphatic heterocycles. The second-order valence-corrected chi connectivity index (χ2v) is 4.54. The van der Waals surface area contributed by atoms with E-state index in [1.807, 2.05) is 0 Å². The van der Waals surface area contributed by atoms with Crippen LogP contribution in [0.5, 0.6) is 0 Å². The molecule has 0 fully saturated rings. The molecule has 0 radical (unpaired) electrons. The van der Waals surface area contributed by atoms with E-state index >= 15 is 0 Å². The van der Waals surface area contributed by atoms with Gasteiger partial charge in [-0.05, 0) is 40.3 Å². The van der Waals surface area contributed by atoms with Crippen LogP contribution in [-0.2, 0) is 0 Å². The average molecular weight is 237 g/mol. The van der Waals surface area contributed by atoms with Crippen LogP contribution < -0.4 is 11.1 Å². The summed E-state index contributed by atoms with van der Waals surface area (Å²) >= 11 is 0. The Balaban J connectivity index is 2.12. The Morgan fingerprint density at radius 3 is 2.76 bits per heavy atom. The maximum absolute atomic E-state index is 5.54. The lowest BCUT2D eigenvalue weighted by molar-refractivity contribution is 0.269. The van der Waals surface area contributed by atoms with Crippen molar-refractivity contribution in [3.05, 3.63) is 12.4 Å². The summed E-state index contributed by atoms with van der Waals surface area (Å²) in [5.74, 6) is 1.21. The van der Waals surface area contributed by atoms with Gasteiger partial charge in [-0.25, -0.2) is 4.98 Å². The summed E-state index contributed by atoms with van der Waals surface area (Å²) in [4.78, 5) is 10.5. The number of aromatic nitrogens is 2. The largest absolute Gasteiger partial charge is 0.382 e. The van der Waals surface area contributed by atoms with Crippen molar-refractivity contribution in [1.82, 2.24) is 14.9 Å². The Labute approximate surface area is 103 Å². The van der Waals surface area contributed by atoms with Gasteiger partial charge >= 0.3 is 0 Å². The quantitative estimate of drug-likeness (QED) is 0.705. The first-order chi connectivity index (χ1) is 8.09. The molecule has 96 valence electrons. The zero-order valence-electron chi connectivity index (χ0n) is 11.0. The van der Waals surface area contributed by atoms with Gasteiger partial charge in [-0.3, -0.25) is 4.98 Å². The summed E-state index contributed by atoms with van der Waals surface area (Å²) in [6, 6.07) is 0.614. The number of rotatable bonds is 7. The molecule has 0 atom stereocenters. The Kier molecular flexibility index (Phi) is 5.69. The molecule has 3 N–H and O–H groups in total. The van der Waals surface area contributed by atoms with Gasteiger partial charge in [-0.2, -0.15) is 0 Å². The number of hydrogen-bond donors (Lipinski definition) is 2. The monoisotopic (exact) mass is 237 g/mol. The number of nitrogens with one attached hydrogen (secondary N) is 1. The maximum atomic E-state index is 5.54. The van der Waals surface area contributed by atoms with E-state index in [1.54, 1.807) is 12.4 Å². The van der Waals surface area contributed by atoms with E-state index in [2.05, 4.69) is 41.1 Å². The highest BCUT2D eigenvalue weighted by Gasteiger charge is 2.01. The highest BCUT2D eigenvalue weighted by molar-refractivity contribution is 5.37. The second kappa shape index (κ2) is 7.06. The third-order valence-corrected chi connectivity index (χ3v) is 2.78. The van der Waals surface area contributed by atoms with E-state index in [0.29, 0.717) is 11.9 Å². The van der Waals surface area contributed by atoms with E-state index in [1.165, 1.54) is 6.42 Å². The van der Waals surface area contributed by atoms with Gasteiger partial charge in [-0.15, -0.1) is 0 Å². The molecule has 1 aromatic heterocycles. The zero-order valence-corrected chi connectivity index (χ0v) is 11.0. The number of nitrogen functional groups attached to an aromatic ring is 1. The third-order valence-electron chi connectivity index (χ3n) is 2.78. The van der Waals surface area contributed by atoms with Gasteiger partial charge in [0.25, 0.3) is 0 Å². The fourth-order valence-corrected chi connectivity index (χ4v) is 1.43. The van der Waals surface area contributed by atoms with Crippen LogP contribution in [0.25, 0.3) is 0 Å². The number of nitrogens with zero attached hydrogens (tertiary/aromatic N) is 3. The number of hydrogen-bond acceptors (Lipinski definition) is 5. The van der Waals surface area contributed by atoms with Gasteiger partial charge in [0.1, 0.15) is 11.6 Å². The van der Waals surface area contributed by atoms with Crippen LogP contribution in [0.2, 0.25) is 0 Å². The fourth-order valence-electron chi connectivity index (χ4n) is 1.43. The van der Waals surface area contributed by atoms with E-state index < -0.39 is 0 Å². The molecule has 0 saturated carbocycles. The van der Waals surface area contributed by atoms with Gasteiger partial charge in [0, 0.05) is 12.6 Å². The van der Waals surface area contributed by atoms with Crippen LogP contribution >= 0.6 is 0 Å². The normalized spacial score (nSPS) is 11.1. The first-order valence-electron chi connectivity index (χ1n) is 6.11. The van der Waals surface area contributed by atoms with E-state index in [9.17, 15) is 0 Å². The standard InChI is InChI=1S/C12H23N5/c1-10(2)17(3)7-5-4-6-15-12-9-14-8-11(13)16-12/h8-10H,4-7H2,1-3H3,(H3,13,15,16). The molecular formula is C12H23N5. The predicted molar refractivity (Wildman–Crippen MR) is 71.9 cm³/mol. The minimum absolute atomic E-state index is 0.453. The van der Waals surface area contributed by atoms with E-state index in [0.717, 1.165) is 25.3 Å². The van der Waals surface area contributed by atoms with Crippen molar-refractivity contribution in [3.8, 4) is 0 Å². The molecule has 0 aromatic carbocycles. The minimum atomic E-state index is 0.453. The first kappa shape index (κ1) is 13.7. The molecular weight excluding hydrogens is 214 g/mol. The molecule has 0 unspecified atom stereocenters. The van der Waals surface area contributed by atoms with Crippen molar-refractivity contribution >= 4 is 11.6 Å². The Morgan fingerprint density at radius 2 is 2.12 bits per heavy atom. The molecule has 1 rings (SSSR count). The lowest BCUT2D eigenvalue weighted by atomic mass is 10.2. The summed E-state index contributed by atoms with van der Waals surface area (Å²) in [6.45, 7) is 6.45. The molecule has 0 amide bonds. The van der Waals surface area contributed by atoms with Crippen molar-refractivity contribution in [2.24, 2.45) is 0 Å². The maximum Gasteiger partial charge on any atom is 0.146 e. The topological polar surface area (TPSA) is 67.1 Å². The van der Waals surface area contributed by atoms with Gasteiger partial charge in [-0.1, -0.05) is 0 Å². The molecule has 0 aliphatic carbocycles. The van der Waals surface area contributed by atoms with Crippen LogP contribution in [0.1, 0.15) is 26.7 Å². The van der Waals surface area contributed by atoms with Gasteiger partial charge in [0.05, 0.1) is 12.4 Å². The molecule has 0 bridgehead atoms. The molecule has 0 saturated heterocycles. The smallest absolute Gasteiger partial charge is 0.146 e. The van der Waals surface area contributed by atoms with Crippen molar-refractivity contribution in [1.29, 1.82) is 0 Å². The molecule has 5 heteroatoms. The van der Waals surface area contributed by atoms with Crippen LogP contribution in [0.3, 0.4) is 0 Å². The Hall–Kier alpha value is -1.36. The van der Waals surface area contributed by atoms with Gasteiger partial charge < -0.3 is 16.0 Å². The molecule has 1 heterocycles. The summed E-state index contributed by atoms with van der Waals surface area (Å²) in [5, 5.41) is 3.22. The zero-order chi connectivity index (χ0) is 12.7. The van der Waals surface area contributed by atoms with Crippen LogP contribution in [0, 0.1) is 0 Å². The van der Waals surface area contributed by atoms with Crippen molar-refractivity contribution < 1.29 is 0 Å². The summed E-state index contributed by atoms with van der Waals surface area (Å²) in [5.41, 5.74) is 5.54. The van der Waals surface area contributed by atoms with Crippen molar-refractivity contribution in [2.45, 2.75) is 32.7 Å². The number of unbranched alkanes of at least 4 members (excludes halogenated alkanes) is 1. The SMILES string of the molecule is CC(C)N(C)CCCCNc1cncc(N)n1. The van der Waals surface area contributed by atoms with Crippen molar-refractivity contribution in [3.63, 3.8) is 0 Å². The molecule has 5 nitrogen and oxygen atoms in total. The van der Waals surface area contributed by atoms with Gasteiger partial charge in [0.15, 0.2) is 0 Å². The second-order valence-electron chi connectivity index (χ2n) is 4.54. The first-order valence-corrected chi connectivity index (χ1v) is 6.11. The van der Waals surface area contributed by atoms with Gasteiger partial charge in [0.2, 0.25) is 0 Å². The van der Waals surface area contributed by atoms with Crippen molar-refractivity contribution in [2.75, 3.05) is 31.2 Å². The minimum Gasteiger partial charge on any atom is -0.382 e. The third kappa shape index (κ3) is 5.49. The number of nitrogens with two attached hydrogens (primary N) is 1. The van der Waals surface area contributed by atoms with E-state index in [-0.39, 0.29) is 0 Å². The highest BCUT2D eigenvalue weighted by atomic mass is 15.1. The average Bonchev–Trinajstić information content (AvgIpc) is 2.28. The fraction of sp³-hybridized carbons (Fsp3) is 0.667. The van der Waals surface area contributed by atoms with E-state index in [4.69, 9.17) is 5.73 Å². The Bertz CT molecular complexity index is 326. The summed E-state index contributed by atoms with van der Waals surface area (Å²) < 4.78 is 0. The van der Waals surface area contributed by atoms with Crippen LogP contribution in [0.4, 0.5) is 11.6 Å². The Morgan fingerprint density at radius 1 is 1.35 bits per heavy atom. The lowest BCUT2D eigenvalue weighted by Crippen LogP contribution is -2.27. The molecule has 0 spiro atoms. The number of anilines is 2. The summed E-state index contributed by atoms with van der Waals surface area (Å²) in [7, 11) is 2.15.